The lowest BCUT2D eigenvalue weighted by atomic mass is 9.86. The predicted octanol–water partition coefficient (Wildman–Crippen LogP) is 5.02. The quantitative estimate of drug-likeness (QED) is 0.717. The van der Waals surface area contributed by atoms with Gasteiger partial charge in [-0.05, 0) is 35.4 Å². The molecule has 0 aliphatic heterocycles. The molecule has 0 saturated heterocycles. The van der Waals surface area contributed by atoms with Gasteiger partial charge >= 0.3 is 0 Å². The highest BCUT2D eigenvalue weighted by molar-refractivity contribution is 5.54. The van der Waals surface area contributed by atoms with Crippen molar-refractivity contribution in [1.29, 1.82) is 0 Å². The molecule has 0 saturated carbocycles. The molecule has 0 bridgehead atoms. The maximum absolute atomic E-state index is 3.50. The van der Waals surface area contributed by atoms with E-state index in [0.29, 0.717) is 5.92 Å². The highest BCUT2D eigenvalue weighted by Crippen LogP contribution is 2.23. The van der Waals surface area contributed by atoms with Crippen molar-refractivity contribution >= 4 is 6.08 Å². The lowest BCUT2D eigenvalue weighted by molar-refractivity contribution is 0.590. The molecule has 0 radical (unpaired) electrons. The molecule has 0 aromatic heterocycles. The van der Waals surface area contributed by atoms with Crippen LogP contribution in [-0.4, -0.2) is 13.1 Å². The first kappa shape index (κ1) is 17.0. The van der Waals surface area contributed by atoms with E-state index in [1.165, 1.54) is 23.1 Å². The number of benzene rings is 1. The normalized spacial score (nSPS) is 13.1. The van der Waals surface area contributed by atoms with Crippen molar-refractivity contribution in [2.45, 2.75) is 53.4 Å². The van der Waals surface area contributed by atoms with Crippen LogP contribution < -0.4 is 5.32 Å². The summed E-state index contributed by atoms with van der Waals surface area (Å²) in [5.41, 5.74) is 4.40. The molecular formula is C19H31N. The van der Waals surface area contributed by atoms with E-state index in [2.05, 4.69) is 77.2 Å². The van der Waals surface area contributed by atoms with Crippen molar-refractivity contribution in [3.63, 3.8) is 0 Å². The molecule has 20 heavy (non-hydrogen) atoms. The van der Waals surface area contributed by atoms with Crippen molar-refractivity contribution in [3.8, 4) is 0 Å². The number of nitrogens with one attached hydrogen (secondary N) is 1. The van der Waals surface area contributed by atoms with Crippen LogP contribution in [0.15, 0.2) is 29.8 Å². The lowest BCUT2D eigenvalue weighted by Crippen LogP contribution is -2.19. The third-order valence-corrected chi connectivity index (χ3v) is 3.63. The summed E-state index contributed by atoms with van der Waals surface area (Å²) >= 11 is 0. The van der Waals surface area contributed by atoms with Crippen molar-refractivity contribution in [1.82, 2.24) is 5.32 Å². The van der Waals surface area contributed by atoms with E-state index in [1.807, 2.05) is 0 Å². The summed E-state index contributed by atoms with van der Waals surface area (Å²) in [6.45, 7) is 15.6. The fraction of sp³-hybridized carbons (Fsp3) is 0.579. The maximum atomic E-state index is 3.50. The van der Waals surface area contributed by atoms with E-state index >= 15 is 0 Å². The molecule has 0 amide bonds. The summed E-state index contributed by atoms with van der Waals surface area (Å²) < 4.78 is 0. The summed E-state index contributed by atoms with van der Waals surface area (Å²) in [7, 11) is 0. The summed E-state index contributed by atoms with van der Waals surface area (Å²) in [6, 6.07) is 8.98. The first-order chi connectivity index (χ1) is 9.34. The Balaban J connectivity index is 2.83. The van der Waals surface area contributed by atoms with Gasteiger partial charge in [-0.2, -0.15) is 0 Å². The van der Waals surface area contributed by atoms with Gasteiger partial charge in [-0.1, -0.05) is 77.5 Å². The van der Waals surface area contributed by atoms with E-state index < -0.39 is 0 Å². The minimum absolute atomic E-state index is 0.228. The molecule has 0 spiro atoms. The van der Waals surface area contributed by atoms with Gasteiger partial charge in [0.2, 0.25) is 0 Å². The summed E-state index contributed by atoms with van der Waals surface area (Å²) in [5.74, 6) is 0.585. The van der Waals surface area contributed by atoms with Gasteiger partial charge < -0.3 is 5.32 Å². The maximum Gasteiger partial charge on any atom is 0.0170 e. The third kappa shape index (κ3) is 5.50. The average molecular weight is 273 g/mol. The highest BCUT2D eigenvalue weighted by atomic mass is 14.8. The van der Waals surface area contributed by atoms with Gasteiger partial charge in [0.15, 0.2) is 0 Å². The van der Waals surface area contributed by atoms with Gasteiger partial charge in [0.05, 0.1) is 0 Å². The van der Waals surface area contributed by atoms with E-state index in [1.54, 1.807) is 0 Å². The largest absolute Gasteiger partial charge is 0.313 e. The van der Waals surface area contributed by atoms with Gasteiger partial charge in [0.1, 0.15) is 0 Å². The van der Waals surface area contributed by atoms with Crippen LogP contribution in [-0.2, 0) is 5.41 Å². The SMILES string of the molecule is CCCNCC(=Cc1ccc(C(C)(C)C)cc1)C(C)C. The molecule has 1 N–H and O–H groups in total. The second kappa shape index (κ2) is 7.64. The molecule has 0 unspecified atom stereocenters. The minimum Gasteiger partial charge on any atom is -0.313 e. The number of rotatable bonds is 6. The third-order valence-electron chi connectivity index (χ3n) is 3.63. The molecule has 1 rings (SSSR count). The van der Waals surface area contributed by atoms with E-state index in [-0.39, 0.29) is 5.41 Å². The Kier molecular flexibility index (Phi) is 6.48. The zero-order valence-electron chi connectivity index (χ0n) is 14.1. The van der Waals surface area contributed by atoms with Crippen LogP contribution in [0.4, 0.5) is 0 Å². The fourth-order valence-corrected chi connectivity index (χ4v) is 2.12. The van der Waals surface area contributed by atoms with Crippen LogP contribution >= 0.6 is 0 Å². The van der Waals surface area contributed by atoms with Crippen molar-refractivity contribution in [2.24, 2.45) is 5.92 Å². The Morgan fingerprint density at radius 3 is 2.20 bits per heavy atom. The Bertz CT molecular complexity index is 418. The molecule has 1 aromatic carbocycles. The molecule has 1 heteroatoms. The zero-order valence-corrected chi connectivity index (χ0v) is 14.1. The first-order valence-corrected chi connectivity index (χ1v) is 7.86. The predicted molar refractivity (Wildman–Crippen MR) is 91.1 cm³/mol. The van der Waals surface area contributed by atoms with Gasteiger partial charge in [0.25, 0.3) is 0 Å². The Hall–Kier alpha value is -1.08. The molecule has 112 valence electrons. The fourth-order valence-electron chi connectivity index (χ4n) is 2.12. The van der Waals surface area contributed by atoms with E-state index in [0.717, 1.165) is 13.1 Å². The molecule has 0 aliphatic rings. The molecule has 1 aromatic rings. The van der Waals surface area contributed by atoms with Gasteiger partial charge in [-0.3, -0.25) is 0 Å². The Morgan fingerprint density at radius 1 is 1.15 bits per heavy atom. The minimum atomic E-state index is 0.228. The van der Waals surface area contributed by atoms with Gasteiger partial charge in [-0.25, -0.2) is 0 Å². The second-order valence-corrected chi connectivity index (χ2v) is 6.92. The summed E-state index contributed by atoms with van der Waals surface area (Å²) in [5, 5.41) is 3.50. The van der Waals surface area contributed by atoms with Crippen molar-refractivity contribution in [3.05, 3.63) is 41.0 Å². The van der Waals surface area contributed by atoms with Gasteiger partial charge in [-0.15, -0.1) is 0 Å². The smallest absolute Gasteiger partial charge is 0.0170 e. The zero-order chi connectivity index (χ0) is 15.2. The number of hydrogen-bond acceptors (Lipinski definition) is 1. The summed E-state index contributed by atoms with van der Waals surface area (Å²) in [6.07, 6.45) is 3.52. The Labute approximate surface area is 125 Å². The standard InChI is InChI=1S/C19H31N/c1-7-12-20-14-17(15(2)3)13-16-8-10-18(11-9-16)19(4,5)6/h8-11,13,15,20H,7,12,14H2,1-6H3. The lowest BCUT2D eigenvalue weighted by Gasteiger charge is -2.19. The molecule has 1 nitrogen and oxygen atoms in total. The monoisotopic (exact) mass is 273 g/mol. The highest BCUT2D eigenvalue weighted by Gasteiger charge is 2.12. The van der Waals surface area contributed by atoms with Crippen LogP contribution in [0.2, 0.25) is 0 Å². The topological polar surface area (TPSA) is 12.0 Å². The van der Waals surface area contributed by atoms with Crippen LogP contribution in [0.1, 0.15) is 59.1 Å². The molecular weight excluding hydrogens is 242 g/mol. The van der Waals surface area contributed by atoms with E-state index in [9.17, 15) is 0 Å². The van der Waals surface area contributed by atoms with Crippen LogP contribution in [0.5, 0.6) is 0 Å². The van der Waals surface area contributed by atoms with Crippen LogP contribution in [0.3, 0.4) is 0 Å². The molecule has 0 heterocycles. The van der Waals surface area contributed by atoms with E-state index in [4.69, 9.17) is 0 Å². The van der Waals surface area contributed by atoms with Gasteiger partial charge in [0, 0.05) is 6.54 Å². The molecule has 0 aliphatic carbocycles. The molecule has 0 atom stereocenters. The van der Waals surface area contributed by atoms with Crippen molar-refractivity contribution in [2.75, 3.05) is 13.1 Å². The average Bonchev–Trinajstić information content (AvgIpc) is 2.37. The van der Waals surface area contributed by atoms with Crippen molar-refractivity contribution < 1.29 is 0 Å². The summed E-state index contributed by atoms with van der Waals surface area (Å²) in [4.78, 5) is 0. The first-order valence-electron chi connectivity index (χ1n) is 7.86. The second-order valence-electron chi connectivity index (χ2n) is 6.92. The Morgan fingerprint density at radius 2 is 1.75 bits per heavy atom. The number of hydrogen-bond donors (Lipinski definition) is 1. The van der Waals surface area contributed by atoms with Crippen LogP contribution in [0.25, 0.3) is 6.08 Å². The molecule has 0 fully saturated rings. The van der Waals surface area contributed by atoms with Crippen LogP contribution in [0, 0.1) is 5.92 Å².